The Bertz CT molecular complexity index is 2080. The summed E-state index contributed by atoms with van der Waals surface area (Å²) in [6, 6.07) is 29.2. The van der Waals surface area contributed by atoms with Crippen LogP contribution in [0.4, 0.5) is 0 Å². The van der Waals surface area contributed by atoms with Gasteiger partial charge in [-0.05, 0) is 114 Å². The van der Waals surface area contributed by atoms with Gasteiger partial charge in [-0.25, -0.2) is 9.59 Å². The number of rotatable bonds is 25. The third kappa shape index (κ3) is 23.7. The van der Waals surface area contributed by atoms with Gasteiger partial charge in [-0.2, -0.15) is 0 Å². The number of thioether (sulfide) groups is 1. The van der Waals surface area contributed by atoms with Crippen LogP contribution in [0.25, 0.3) is 6.08 Å². The Morgan fingerprint density at radius 1 is 0.773 bits per heavy atom. The highest BCUT2D eigenvalue weighted by Gasteiger charge is 2.10. The number of aryl methyl sites for hydroxylation is 1. The van der Waals surface area contributed by atoms with Crippen molar-refractivity contribution in [2.75, 3.05) is 47.3 Å². The van der Waals surface area contributed by atoms with Crippen molar-refractivity contribution >= 4 is 42.3 Å². The van der Waals surface area contributed by atoms with Crippen LogP contribution in [0.2, 0.25) is 0 Å². The van der Waals surface area contributed by atoms with E-state index in [1.807, 2.05) is 42.1 Å². The topological polar surface area (TPSA) is 130 Å². The third-order valence-corrected chi connectivity index (χ3v) is 10.6. The first-order chi connectivity index (χ1) is 32.1. The molecule has 0 spiro atoms. The Morgan fingerprint density at radius 2 is 1.42 bits per heavy atom. The molecule has 1 N–H and O–H groups in total. The van der Waals surface area contributed by atoms with Crippen LogP contribution in [0.1, 0.15) is 97.8 Å². The molecule has 4 aromatic carbocycles. The maximum Gasteiger partial charge on any atom is 0.338 e. The average Bonchev–Trinajstić information content (AvgIpc) is 3.33. The SMILES string of the molecule is C=C(CCC)Sc1ccccc1CCC.C=CC(=O)OCCCOc1ccc(C=C2CCC2)cc1.C=CC=O.COCCCOc1ccc(C(=O)OCCc2ccc(OC)c(C=N)c2)cc1. The fourth-order valence-electron chi connectivity index (χ4n) is 5.94. The van der Waals surface area contributed by atoms with Crippen molar-refractivity contribution in [3.8, 4) is 17.2 Å². The van der Waals surface area contributed by atoms with E-state index in [4.69, 9.17) is 38.6 Å². The van der Waals surface area contributed by atoms with Crippen LogP contribution in [-0.2, 0) is 36.6 Å². The Morgan fingerprint density at radius 3 is 1.98 bits per heavy atom. The molecular weight excluding hydrogens is 851 g/mol. The molecule has 1 saturated carbocycles. The molecule has 11 heteroatoms. The van der Waals surface area contributed by atoms with Crippen LogP contribution in [0.3, 0.4) is 0 Å². The van der Waals surface area contributed by atoms with Crippen LogP contribution in [-0.4, -0.2) is 71.7 Å². The van der Waals surface area contributed by atoms with Gasteiger partial charge in [0.1, 0.15) is 23.5 Å². The number of carbonyl (C=O) groups excluding carboxylic acids is 3. The minimum atomic E-state index is -0.390. The number of ether oxygens (including phenoxy) is 6. The van der Waals surface area contributed by atoms with E-state index in [-0.39, 0.29) is 12.6 Å². The van der Waals surface area contributed by atoms with Crippen molar-refractivity contribution in [1.82, 2.24) is 0 Å². The van der Waals surface area contributed by atoms with E-state index in [0.717, 1.165) is 30.2 Å². The molecule has 1 aliphatic rings. The normalized spacial score (nSPS) is 10.9. The van der Waals surface area contributed by atoms with Crippen molar-refractivity contribution in [2.24, 2.45) is 0 Å². The summed E-state index contributed by atoms with van der Waals surface area (Å²) in [6.45, 7) is 17.3. The first-order valence-electron chi connectivity index (χ1n) is 22.4. The number of hydrogen-bond donors (Lipinski definition) is 1. The molecule has 0 aliphatic heterocycles. The predicted molar refractivity (Wildman–Crippen MR) is 269 cm³/mol. The van der Waals surface area contributed by atoms with E-state index < -0.39 is 5.97 Å². The van der Waals surface area contributed by atoms with Gasteiger partial charge in [-0.3, -0.25) is 4.79 Å². The minimum Gasteiger partial charge on any atom is -0.496 e. The van der Waals surface area contributed by atoms with Gasteiger partial charge in [-0.1, -0.05) is 106 Å². The van der Waals surface area contributed by atoms with Crippen LogP contribution >= 0.6 is 11.8 Å². The highest BCUT2D eigenvalue weighted by molar-refractivity contribution is 8.03. The number of allylic oxidation sites excluding steroid dienone is 3. The van der Waals surface area contributed by atoms with Crippen LogP contribution in [0.5, 0.6) is 17.2 Å². The Labute approximate surface area is 397 Å². The van der Waals surface area contributed by atoms with E-state index in [0.29, 0.717) is 68.2 Å². The van der Waals surface area contributed by atoms with Crippen molar-refractivity contribution in [3.63, 3.8) is 0 Å². The number of esters is 2. The molecule has 1 fully saturated rings. The summed E-state index contributed by atoms with van der Waals surface area (Å²) >= 11 is 1.84. The Balaban J connectivity index is 0.000000339. The molecule has 0 saturated heterocycles. The lowest BCUT2D eigenvalue weighted by Gasteiger charge is -2.15. The molecule has 66 heavy (non-hydrogen) atoms. The molecule has 1 aliphatic carbocycles. The molecule has 5 rings (SSSR count). The zero-order chi connectivity index (χ0) is 48.2. The number of hydrogen-bond acceptors (Lipinski definition) is 11. The average molecular weight is 920 g/mol. The number of benzene rings is 4. The Hall–Kier alpha value is -6.17. The maximum atomic E-state index is 12.1. The molecule has 0 unspecified atom stereocenters. The monoisotopic (exact) mass is 919 g/mol. The van der Waals surface area contributed by atoms with Gasteiger partial charge in [0, 0.05) is 55.7 Å². The van der Waals surface area contributed by atoms with Gasteiger partial charge in [0.25, 0.3) is 0 Å². The van der Waals surface area contributed by atoms with Crippen LogP contribution < -0.4 is 14.2 Å². The molecule has 0 aromatic heterocycles. The third-order valence-electron chi connectivity index (χ3n) is 9.51. The molecule has 0 radical (unpaired) electrons. The zero-order valence-corrected chi connectivity index (χ0v) is 40.2. The van der Waals surface area contributed by atoms with Gasteiger partial charge in [-0.15, -0.1) is 0 Å². The molecule has 0 bridgehead atoms. The van der Waals surface area contributed by atoms with Crippen molar-refractivity contribution < 1.29 is 42.8 Å². The predicted octanol–water partition coefficient (Wildman–Crippen LogP) is 12.7. The van der Waals surface area contributed by atoms with Gasteiger partial charge in [0.15, 0.2) is 0 Å². The van der Waals surface area contributed by atoms with E-state index in [1.54, 1.807) is 38.5 Å². The maximum absolute atomic E-state index is 12.1. The second kappa shape index (κ2) is 35.1. The summed E-state index contributed by atoms with van der Waals surface area (Å²) in [6.07, 6.45) is 17.0. The van der Waals surface area contributed by atoms with E-state index in [1.165, 1.54) is 77.3 Å². The fraction of sp³-hybridized carbons (Fsp3) is 0.345. The summed E-state index contributed by atoms with van der Waals surface area (Å²) in [5.74, 6) is 1.44. The van der Waals surface area contributed by atoms with E-state index in [9.17, 15) is 9.59 Å². The van der Waals surface area contributed by atoms with Gasteiger partial charge in [0.2, 0.25) is 0 Å². The van der Waals surface area contributed by atoms with E-state index >= 15 is 0 Å². The van der Waals surface area contributed by atoms with Gasteiger partial charge in [0.05, 0.1) is 39.1 Å². The fourth-order valence-corrected chi connectivity index (χ4v) is 7.01. The second-order valence-electron chi connectivity index (χ2n) is 14.7. The van der Waals surface area contributed by atoms with E-state index in [2.05, 4.69) is 76.1 Å². The molecule has 0 atom stereocenters. The summed E-state index contributed by atoms with van der Waals surface area (Å²) in [7, 11) is 3.22. The van der Waals surface area contributed by atoms with Crippen molar-refractivity contribution in [3.05, 3.63) is 161 Å². The summed E-state index contributed by atoms with van der Waals surface area (Å²) in [5.41, 5.74) is 6.37. The Kier molecular flexibility index (Phi) is 29.8. The van der Waals surface area contributed by atoms with Gasteiger partial charge < -0.3 is 33.8 Å². The molecular formula is C55H69NO9S. The quantitative estimate of drug-likeness (QED) is 0.0171. The lowest BCUT2D eigenvalue weighted by atomic mass is 9.91. The molecule has 0 amide bonds. The lowest BCUT2D eigenvalue weighted by Crippen LogP contribution is -2.08. The van der Waals surface area contributed by atoms with Crippen LogP contribution in [0, 0.1) is 5.41 Å². The standard InChI is InChI=1S/C21H25NO5.C17H20O3.C14H20S.C3H4O/c1-24-11-3-12-26-19-7-5-17(6-8-19)21(23)27-13-10-16-4-9-20(25-2)18(14-16)15-22;1-2-17(18)20-12-4-11-19-16-9-7-15(8-10-16)13-14-5-3-6-14;1-4-8-12(3)15-14-11-7-6-10-13(14)9-5-2;1-2-3-4/h4-9,14-15,22H,3,10-13H2,1-2H3;2,7-10,13H,1,3-6,11-12H2;6-7,10-11H,3-5,8-9H2,1-2H3;2-3H,1H2. The minimum absolute atomic E-state index is 0.262. The van der Waals surface area contributed by atoms with Crippen molar-refractivity contribution in [1.29, 1.82) is 5.41 Å². The number of methoxy groups -OCH3 is 2. The summed E-state index contributed by atoms with van der Waals surface area (Å²) in [4.78, 5) is 34.7. The first-order valence-corrected chi connectivity index (χ1v) is 23.2. The largest absolute Gasteiger partial charge is 0.496 e. The molecule has 10 nitrogen and oxygen atoms in total. The second-order valence-corrected chi connectivity index (χ2v) is 16.0. The number of aldehydes is 1. The lowest BCUT2D eigenvalue weighted by molar-refractivity contribution is -0.137. The number of carbonyl (C=O) groups is 3. The number of nitrogens with one attached hydrogen (secondary N) is 1. The van der Waals surface area contributed by atoms with Crippen LogP contribution in [0.15, 0.2) is 138 Å². The highest BCUT2D eigenvalue weighted by atomic mass is 32.2. The first kappa shape index (κ1) is 56.0. The summed E-state index contributed by atoms with van der Waals surface area (Å²) < 4.78 is 31.5. The smallest absolute Gasteiger partial charge is 0.338 e. The van der Waals surface area contributed by atoms with Gasteiger partial charge >= 0.3 is 11.9 Å². The molecule has 4 aromatic rings. The molecule has 0 heterocycles. The molecule has 354 valence electrons. The zero-order valence-electron chi connectivity index (χ0n) is 39.4. The van der Waals surface area contributed by atoms with Crippen molar-refractivity contribution in [2.45, 2.75) is 83.0 Å². The highest BCUT2D eigenvalue weighted by Crippen LogP contribution is 2.32. The summed E-state index contributed by atoms with van der Waals surface area (Å²) in [5, 5.41) is 7.42.